The van der Waals surface area contributed by atoms with Crippen molar-refractivity contribution >= 4 is 16.0 Å². The number of methoxy groups -OCH3 is 1. The Hall–Kier alpha value is -0.660. The Kier molecular flexibility index (Phi) is 6.43. The smallest absolute Gasteiger partial charge is 0.322 e. The van der Waals surface area contributed by atoms with Gasteiger partial charge in [-0.25, -0.2) is 13.1 Å². The van der Waals surface area contributed by atoms with Crippen molar-refractivity contribution in [1.29, 1.82) is 0 Å². The molecule has 0 fully saturated rings. The second-order valence-corrected chi connectivity index (χ2v) is 4.39. The van der Waals surface area contributed by atoms with E-state index in [1.54, 1.807) is 0 Å². The molecular formula is C7H16N2O4S. The molecule has 0 unspecified atom stereocenters. The van der Waals surface area contributed by atoms with Crippen molar-refractivity contribution in [3.8, 4) is 0 Å². The van der Waals surface area contributed by atoms with E-state index in [2.05, 4.69) is 14.8 Å². The van der Waals surface area contributed by atoms with Gasteiger partial charge in [0, 0.05) is 13.1 Å². The largest absolute Gasteiger partial charge is 0.468 e. The lowest BCUT2D eigenvalue weighted by Crippen LogP contribution is -2.35. The molecule has 0 saturated carbocycles. The standard InChI is InChI=1S/C7H16N2O4S/c1-3-8-4-5-9-14(11,12)6-7(10)13-2/h8-9H,3-6H2,1-2H3. The topological polar surface area (TPSA) is 84.5 Å². The molecule has 0 bridgehead atoms. The first-order chi connectivity index (χ1) is 6.52. The number of hydrogen-bond acceptors (Lipinski definition) is 5. The molecule has 0 saturated heterocycles. The molecule has 7 heteroatoms. The van der Waals surface area contributed by atoms with Gasteiger partial charge in [0.05, 0.1) is 7.11 Å². The molecule has 0 aromatic carbocycles. The molecular weight excluding hydrogens is 208 g/mol. The third-order valence-electron chi connectivity index (χ3n) is 1.41. The van der Waals surface area contributed by atoms with E-state index >= 15 is 0 Å². The summed E-state index contributed by atoms with van der Waals surface area (Å²) in [5, 5.41) is 2.95. The summed E-state index contributed by atoms with van der Waals surface area (Å²) < 4.78 is 28.8. The van der Waals surface area contributed by atoms with Crippen LogP contribution in [0.25, 0.3) is 0 Å². The highest BCUT2D eigenvalue weighted by atomic mass is 32.2. The predicted octanol–water partition coefficient (Wildman–Crippen LogP) is -1.31. The number of esters is 1. The van der Waals surface area contributed by atoms with E-state index in [-0.39, 0.29) is 6.54 Å². The second kappa shape index (κ2) is 6.74. The van der Waals surface area contributed by atoms with Gasteiger partial charge in [-0.05, 0) is 6.54 Å². The van der Waals surface area contributed by atoms with Crippen LogP contribution in [0.2, 0.25) is 0 Å². The molecule has 0 atom stereocenters. The fourth-order valence-electron chi connectivity index (χ4n) is 0.737. The first-order valence-electron chi connectivity index (χ1n) is 4.26. The van der Waals surface area contributed by atoms with E-state index in [4.69, 9.17) is 0 Å². The zero-order valence-electron chi connectivity index (χ0n) is 8.37. The average molecular weight is 224 g/mol. The summed E-state index contributed by atoms with van der Waals surface area (Å²) in [6.07, 6.45) is 0. The SMILES string of the molecule is CCNCCNS(=O)(=O)CC(=O)OC. The van der Waals surface area contributed by atoms with Gasteiger partial charge in [-0.3, -0.25) is 4.79 Å². The van der Waals surface area contributed by atoms with Crippen molar-refractivity contribution in [2.75, 3.05) is 32.5 Å². The van der Waals surface area contributed by atoms with E-state index < -0.39 is 21.7 Å². The van der Waals surface area contributed by atoms with Gasteiger partial charge >= 0.3 is 5.97 Å². The maximum absolute atomic E-state index is 11.1. The lowest BCUT2D eigenvalue weighted by atomic mass is 10.6. The Bertz CT molecular complexity index is 263. The van der Waals surface area contributed by atoms with Gasteiger partial charge in [0.1, 0.15) is 0 Å². The molecule has 0 aliphatic rings. The average Bonchev–Trinajstić information content (AvgIpc) is 2.12. The van der Waals surface area contributed by atoms with Crippen LogP contribution < -0.4 is 10.0 Å². The third-order valence-corrected chi connectivity index (χ3v) is 2.67. The maximum atomic E-state index is 11.1. The number of likely N-dealkylation sites (N-methyl/N-ethyl adjacent to an activating group) is 1. The third kappa shape index (κ3) is 6.81. The predicted molar refractivity (Wildman–Crippen MR) is 52.3 cm³/mol. The molecule has 0 rings (SSSR count). The van der Waals surface area contributed by atoms with Gasteiger partial charge in [0.2, 0.25) is 10.0 Å². The molecule has 2 N–H and O–H groups in total. The van der Waals surface area contributed by atoms with Crippen molar-refractivity contribution in [1.82, 2.24) is 10.0 Å². The van der Waals surface area contributed by atoms with Crippen molar-refractivity contribution in [3.63, 3.8) is 0 Å². The maximum Gasteiger partial charge on any atom is 0.322 e. The number of carbonyl (C=O) groups is 1. The molecule has 0 aromatic heterocycles. The van der Waals surface area contributed by atoms with E-state index in [0.717, 1.165) is 13.7 Å². The number of hydrogen-bond donors (Lipinski definition) is 2. The van der Waals surface area contributed by atoms with Gasteiger partial charge in [-0.2, -0.15) is 0 Å². The molecule has 0 spiro atoms. The molecule has 0 amide bonds. The van der Waals surface area contributed by atoms with Crippen molar-refractivity contribution in [2.45, 2.75) is 6.92 Å². The Morgan fingerprint density at radius 3 is 2.50 bits per heavy atom. The molecule has 0 heterocycles. The fourth-order valence-corrected chi connectivity index (χ4v) is 1.68. The van der Waals surface area contributed by atoms with Crippen molar-refractivity contribution in [3.05, 3.63) is 0 Å². The van der Waals surface area contributed by atoms with Crippen LogP contribution in [0.5, 0.6) is 0 Å². The van der Waals surface area contributed by atoms with Crippen LogP contribution in [0.1, 0.15) is 6.92 Å². The highest BCUT2D eigenvalue weighted by Crippen LogP contribution is 1.85. The van der Waals surface area contributed by atoms with Gasteiger partial charge in [-0.15, -0.1) is 0 Å². The first-order valence-corrected chi connectivity index (χ1v) is 5.92. The zero-order valence-corrected chi connectivity index (χ0v) is 9.19. The van der Waals surface area contributed by atoms with Crippen LogP contribution in [0.4, 0.5) is 0 Å². The summed E-state index contributed by atoms with van der Waals surface area (Å²) >= 11 is 0. The minimum absolute atomic E-state index is 0.271. The molecule has 84 valence electrons. The fraction of sp³-hybridized carbons (Fsp3) is 0.857. The molecule has 0 aliphatic heterocycles. The highest BCUT2D eigenvalue weighted by molar-refractivity contribution is 7.90. The molecule has 0 aliphatic carbocycles. The minimum atomic E-state index is -3.54. The Labute approximate surface area is 84.1 Å². The van der Waals surface area contributed by atoms with Gasteiger partial charge in [-0.1, -0.05) is 6.92 Å². The second-order valence-electron chi connectivity index (χ2n) is 2.58. The zero-order chi connectivity index (χ0) is 11.0. The van der Waals surface area contributed by atoms with Gasteiger partial charge in [0.25, 0.3) is 0 Å². The van der Waals surface area contributed by atoms with Crippen LogP contribution in [0.3, 0.4) is 0 Å². The van der Waals surface area contributed by atoms with Crippen molar-refractivity contribution in [2.24, 2.45) is 0 Å². The Morgan fingerprint density at radius 1 is 1.36 bits per heavy atom. The highest BCUT2D eigenvalue weighted by Gasteiger charge is 2.15. The summed E-state index contributed by atoms with van der Waals surface area (Å²) in [6.45, 7) is 3.51. The summed E-state index contributed by atoms with van der Waals surface area (Å²) in [7, 11) is -2.39. The summed E-state index contributed by atoms with van der Waals surface area (Å²) in [4.78, 5) is 10.7. The number of carbonyl (C=O) groups excluding carboxylic acids is 1. The molecule has 0 aromatic rings. The van der Waals surface area contributed by atoms with E-state index in [1.165, 1.54) is 0 Å². The van der Waals surface area contributed by atoms with Gasteiger partial charge < -0.3 is 10.1 Å². The number of rotatable bonds is 7. The van der Waals surface area contributed by atoms with Crippen LogP contribution >= 0.6 is 0 Å². The molecule has 0 radical (unpaired) electrons. The molecule has 6 nitrogen and oxygen atoms in total. The minimum Gasteiger partial charge on any atom is -0.468 e. The van der Waals surface area contributed by atoms with E-state index in [0.29, 0.717) is 6.54 Å². The van der Waals surface area contributed by atoms with E-state index in [1.807, 2.05) is 6.92 Å². The van der Waals surface area contributed by atoms with E-state index in [9.17, 15) is 13.2 Å². The Morgan fingerprint density at radius 2 is 2.00 bits per heavy atom. The first kappa shape index (κ1) is 13.3. The number of sulfonamides is 1. The normalized spacial score (nSPS) is 11.3. The number of ether oxygens (including phenoxy) is 1. The molecule has 14 heavy (non-hydrogen) atoms. The van der Waals surface area contributed by atoms with Gasteiger partial charge in [0.15, 0.2) is 5.75 Å². The summed E-state index contributed by atoms with van der Waals surface area (Å²) in [5.74, 6) is -1.39. The van der Waals surface area contributed by atoms with Crippen LogP contribution in [-0.2, 0) is 19.6 Å². The van der Waals surface area contributed by atoms with Crippen LogP contribution in [-0.4, -0.2) is 46.9 Å². The van der Waals surface area contributed by atoms with Crippen LogP contribution in [0.15, 0.2) is 0 Å². The lowest BCUT2D eigenvalue weighted by Gasteiger charge is -2.05. The summed E-state index contributed by atoms with van der Waals surface area (Å²) in [6, 6.07) is 0. The lowest BCUT2D eigenvalue weighted by molar-refractivity contribution is -0.137. The van der Waals surface area contributed by atoms with Crippen LogP contribution in [0, 0.1) is 0 Å². The van der Waals surface area contributed by atoms with Crippen molar-refractivity contribution < 1.29 is 17.9 Å². The number of nitrogens with one attached hydrogen (secondary N) is 2. The Balaban J connectivity index is 3.79. The quantitative estimate of drug-likeness (QED) is 0.414. The monoisotopic (exact) mass is 224 g/mol. The summed E-state index contributed by atoms with van der Waals surface area (Å²) in [5.41, 5.74) is 0.